The molecular weight excluding hydrogens is 394 g/mol. The van der Waals surface area contributed by atoms with Crippen molar-refractivity contribution in [3.8, 4) is 5.88 Å². The van der Waals surface area contributed by atoms with Gasteiger partial charge in [-0.1, -0.05) is 5.57 Å². The molecule has 0 saturated carbocycles. The third-order valence-electron chi connectivity index (χ3n) is 4.87. The van der Waals surface area contributed by atoms with E-state index in [-0.39, 0.29) is 10.6 Å². The summed E-state index contributed by atoms with van der Waals surface area (Å²) < 4.78 is 5.17. The van der Waals surface area contributed by atoms with Crippen LogP contribution >= 0.6 is 22.7 Å². The number of anilines is 1. The van der Waals surface area contributed by atoms with Crippen molar-refractivity contribution < 1.29 is 9.66 Å². The molecule has 0 spiro atoms. The van der Waals surface area contributed by atoms with Crippen LogP contribution in [0.3, 0.4) is 0 Å². The molecule has 3 aromatic heterocycles. The number of methoxy groups -OCH3 is 1. The standard InChI is InChI=1S/C20H19N3O3S2/c1-26-18-3-2-17(23(24)25)20(21-18)22-8-4-14(5-9-22)19(15-6-10-27-12-15)16-7-11-28-13-16/h2-3,6-7,10-13H,4-5,8-9H2,1H3. The Hall–Kier alpha value is -2.71. The summed E-state index contributed by atoms with van der Waals surface area (Å²) in [7, 11) is 1.52. The molecule has 6 nitrogen and oxygen atoms in total. The topological polar surface area (TPSA) is 68.5 Å². The van der Waals surface area contributed by atoms with Gasteiger partial charge in [-0.3, -0.25) is 10.1 Å². The van der Waals surface area contributed by atoms with Crippen LogP contribution in [0.25, 0.3) is 5.57 Å². The first kappa shape index (κ1) is 18.6. The maximum Gasteiger partial charge on any atom is 0.311 e. The zero-order valence-corrected chi connectivity index (χ0v) is 17.0. The number of hydrogen-bond donors (Lipinski definition) is 0. The summed E-state index contributed by atoms with van der Waals surface area (Å²) in [5.41, 5.74) is 5.20. The van der Waals surface area contributed by atoms with Gasteiger partial charge in [-0.25, -0.2) is 0 Å². The zero-order valence-electron chi connectivity index (χ0n) is 15.3. The van der Waals surface area contributed by atoms with Crippen LogP contribution < -0.4 is 9.64 Å². The minimum Gasteiger partial charge on any atom is -0.481 e. The second kappa shape index (κ2) is 8.12. The average Bonchev–Trinajstić information content (AvgIpc) is 3.43. The molecule has 144 valence electrons. The minimum atomic E-state index is -0.380. The van der Waals surface area contributed by atoms with Gasteiger partial charge in [0, 0.05) is 25.2 Å². The summed E-state index contributed by atoms with van der Waals surface area (Å²) >= 11 is 3.39. The Bertz CT molecular complexity index is 952. The number of pyridine rings is 1. The number of nitro groups is 1. The predicted molar refractivity (Wildman–Crippen MR) is 114 cm³/mol. The second-order valence-corrected chi connectivity index (χ2v) is 8.00. The van der Waals surface area contributed by atoms with E-state index in [1.54, 1.807) is 22.7 Å². The largest absolute Gasteiger partial charge is 0.481 e. The van der Waals surface area contributed by atoms with E-state index in [9.17, 15) is 10.1 Å². The van der Waals surface area contributed by atoms with Gasteiger partial charge in [0.05, 0.1) is 12.0 Å². The highest BCUT2D eigenvalue weighted by molar-refractivity contribution is 7.08. The van der Waals surface area contributed by atoms with Crippen LogP contribution in [0.4, 0.5) is 11.5 Å². The number of hydrogen-bond acceptors (Lipinski definition) is 7. The van der Waals surface area contributed by atoms with E-state index in [1.165, 1.54) is 41.5 Å². The molecule has 1 aliphatic heterocycles. The summed E-state index contributed by atoms with van der Waals surface area (Å²) in [5.74, 6) is 0.773. The number of rotatable bonds is 5. The van der Waals surface area contributed by atoms with E-state index in [0.29, 0.717) is 24.8 Å². The number of ether oxygens (including phenoxy) is 1. The fraction of sp³-hybridized carbons (Fsp3) is 0.250. The first-order chi connectivity index (χ1) is 13.7. The van der Waals surface area contributed by atoms with E-state index in [2.05, 4.69) is 38.6 Å². The quantitative estimate of drug-likeness (QED) is 0.423. The van der Waals surface area contributed by atoms with Gasteiger partial charge in [0.15, 0.2) is 0 Å². The summed E-state index contributed by atoms with van der Waals surface area (Å²) in [6.07, 6.45) is 1.69. The second-order valence-electron chi connectivity index (χ2n) is 6.44. The molecule has 0 unspecified atom stereocenters. The van der Waals surface area contributed by atoms with Gasteiger partial charge in [0.1, 0.15) is 0 Å². The Labute approximate surface area is 170 Å². The monoisotopic (exact) mass is 413 g/mol. The first-order valence-corrected chi connectivity index (χ1v) is 10.8. The van der Waals surface area contributed by atoms with Crippen molar-refractivity contribution in [2.75, 3.05) is 25.1 Å². The van der Waals surface area contributed by atoms with E-state index in [1.807, 2.05) is 4.90 Å². The van der Waals surface area contributed by atoms with Crippen LogP contribution in [0.1, 0.15) is 24.0 Å². The number of aromatic nitrogens is 1. The third kappa shape index (κ3) is 3.65. The van der Waals surface area contributed by atoms with Crippen molar-refractivity contribution in [2.24, 2.45) is 0 Å². The van der Waals surface area contributed by atoms with Crippen LogP contribution in [0.15, 0.2) is 51.4 Å². The van der Waals surface area contributed by atoms with Gasteiger partial charge in [0.25, 0.3) is 0 Å². The molecule has 1 aliphatic rings. The molecule has 0 bridgehead atoms. The Morgan fingerprint density at radius 3 is 2.25 bits per heavy atom. The lowest BCUT2D eigenvalue weighted by Crippen LogP contribution is -2.32. The van der Waals surface area contributed by atoms with Crippen molar-refractivity contribution in [3.63, 3.8) is 0 Å². The van der Waals surface area contributed by atoms with E-state index in [4.69, 9.17) is 4.74 Å². The van der Waals surface area contributed by atoms with Crippen molar-refractivity contribution in [1.82, 2.24) is 4.98 Å². The van der Waals surface area contributed by atoms with Crippen LogP contribution in [-0.4, -0.2) is 30.1 Å². The van der Waals surface area contributed by atoms with Crippen LogP contribution in [0.5, 0.6) is 5.88 Å². The summed E-state index contributed by atoms with van der Waals surface area (Å²) in [5, 5.41) is 20.0. The SMILES string of the molecule is COc1ccc([N+](=O)[O-])c(N2CCC(=C(c3ccsc3)c3ccsc3)CC2)n1. The lowest BCUT2D eigenvalue weighted by molar-refractivity contribution is -0.384. The van der Waals surface area contributed by atoms with E-state index < -0.39 is 0 Å². The maximum atomic E-state index is 11.4. The van der Waals surface area contributed by atoms with Crippen molar-refractivity contribution in [3.05, 3.63) is 72.6 Å². The first-order valence-electron chi connectivity index (χ1n) is 8.89. The molecule has 28 heavy (non-hydrogen) atoms. The van der Waals surface area contributed by atoms with Gasteiger partial charge in [0.2, 0.25) is 11.7 Å². The molecule has 8 heteroatoms. The Balaban J connectivity index is 1.64. The van der Waals surface area contributed by atoms with Crippen molar-refractivity contribution in [1.29, 1.82) is 0 Å². The van der Waals surface area contributed by atoms with Gasteiger partial charge in [-0.15, -0.1) is 0 Å². The Morgan fingerprint density at radius 2 is 1.75 bits per heavy atom. The number of piperidine rings is 1. The molecule has 0 atom stereocenters. The Morgan fingerprint density at radius 1 is 1.11 bits per heavy atom. The van der Waals surface area contributed by atoms with Gasteiger partial charge in [-0.2, -0.15) is 27.7 Å². The summed E-state index contributed by atoms with van der Waals surface area (Å²) in [4.78, 5) is 17.4. The smallest absolute Gasteiger partial charge is 0.311 e. The fourth-order valence-corrected chi connectivity index (χ4v) is 4.83. The van der Waals surface area contributed by atoms with E-state index in [0.717, 1.165) is 12.8 Å². The van der Waals surface area contributed by atoms with Gasteiger partial charge < -0.3 is 9.64 Å². The van der Waals surface area contributed by atoms with Gasteiger partial charge in [-0.05, 0) is 63.2 Å². The van der Waals surface area contributed by atoms with Crippen LogP contribution in [0, 0.1) is 10.1 Å². The summed E-state index contributed by atoms with van der Waals surface area (Å²) in [6, 6.07) is 7.31. The number of nitrogens with zero attached hydrogens (tertiary/aromatic N) is 3. The molecule has 1 fully saturated rings. The molecule has 4 heterocycles. The summed E-state index contributed by atoms with van der Waals surface area (Å²) in [6.45, 7) is 1.38. The van der Waals surface area contributed by atoms with Gasteiger partial charge >= 0.3 is 5.69 Å². The van der Waals surface area contributed by atoms with Crippen LogP contribution in [0.2, 0.25) is 0 Å². The Kier molecular flexibility index (Phi) is 5.40. The lowest BCUT2D eigenvalue weighted by Gasteiger charge is -2.30. The molecule has 3 aromatic rings. The fourth-order valence-electron chi connectivity index (χ4n) is 3.54. The lowest BCUT2D eigenvalue weighted by atomic mass is 9.91. The molecule has 0 radical (unpaired) electrons. The molecule has 1 saturated heterocycles. The molecule has 4 rings (SSSR count). The van der Waals surface area contributed by atoms with E-state index >= 15 is 0 Å². The predicted octanol–water partition coefficient (Wildman–Crippen LogP) is 5.22. The molecule has 0 amide bonds. The normalized spacial score (nSPS) is 14.2. The highest BCUT2D eigenvalue weighted by atomic mass is 32.1. The highest BCUT2D eigenvalue weighted by Gasteiger charge is 2.26. The third-order valence-corrected chi connectivity index (χ3v) is 6.24. The molecular formula is C20H19N3O3S2. The molecule has 0 aromatic carbocycles. The molecule has 0 aliphatic carbocycles. The van der Waals surface area contributed by atoms with Crippen molar-refractivity contribution in [2.45, 2.75) is 12.8 Å². The molecule has 0 N–H and O–H groups in total. The van der Waals surface area contributed by atoms with Crippen molar-refractivity contribution >= 4 is 39.8 Å². The number of thiophene rings is 2. The minimum absolute atomic E-state index is 0.0177. The maximum absolute atomic E-state index is 11.4. The van der Waals surface area contributed by atoms with Crippen LogP contribution in [-0.2, 0) is 0 Å². The highest BCUT2D eigenvalue weighted by Crippen LogP contribution is 2.37. The zero-order chi connectivity index (χ0) is 19.5. The average molecular weight is 414 g/mol.